The van der Waals surface area contributed by atoms with E-state index in [4.69, 9.17) is 16.3 Å². The maximum atomic E-state index is 5.90. The number of rotatable bonds is 7. The Kier molecular flexibility index (Phi) is 5.86. The van der Waals surface area contributed by atoms with E-state index in [1.165, 1.54) is 15.3 Å². The summed E-state index contributed by atoms with van der Waals surface area (Å²) in [6, 6.07) is 12.3. The minimum atomic E-state index is 0.770. The molecule has 1 aromatic heterocycles. The molecule has 1 heterocycles. The summed E-state index contributed by atoms with van der Waals surface area (Å²) in [6.07, 6.45) is 0. The number of hydrogen-bond donors (Lipinski definition) is 1. The third-order valence-corrected chi connectivity index (χ3v) is 4.10. The Labute approximate surface area is 123 Å². The SMILES string of the molecule is CCOCCNCc1ccc(-c2ccc(Cl)cc2)s1. The van der Waals surface area contributed by atoms with Crippen LogP contribution in [0.2, 0.25) is 5.02 Å². The highest BCUT2D eigenvalue weighted by Gasteiger charge is 2.02. The summed E-state index contributed by atoms with van der Waals surface area (Å²) >= 11 is 7.71. The maximum Gasteiger partial charge on any atom is 0.0590 e. The van der Waals surface area contributed by atoms with Crippen molar-refractivity contribution in [3.05, 3.63) is 46.3 Å². The molecule has 0 aliphatic carbocycles. The Hall–Kier alpha value is -0.870. The van der Waals surface area contributed by atoms with Crippen LogP contribution in [-0.2, 0) is 11.3 Å². The Bertz CT molecular complexity index is 495. The quantitative estimate of drug-likeness (QED) is 0.773. The largest absolute Gasteiger partial charge is 0.380 e. The lowest BCUT2D eigenvalue weighted by Crippen LogP contribution is -2.18. The van der Waals surface area contributed by atoms with E-state index in [-0.39, 0.29) is 0 Å². The van der Waals surface area contributed by atoms with Crippen LogP contribution in [-0.4, -0.2) is 19.8 Å². The summed E-state index contributed by atoms with van der Waals surface area (Å²) in [4.78, 5) is 2.61. The maximum absolute atomic E-state index is 5.90. The van der Waals surface area contributed by atoms with E-state index in [1.807, 2.05) is 30.4 Å². The molecule has 0 aliphatic rings. The van der Waals surface area contributed by atoms with E-state index in [0.29, 0.717) is 0 Å². The van der Waals surface area contributed by atoms with Crippen LogP contribution in [0.15, 0.2) is 36.4 Å². The summed E-state index contributed by atoms with van der Waals surface area (Å²) < 4.78 is 5.29. The molecule has 2 rings (SSSR count). The Morgan fingerprint density at radius 2 is 1.95 bits per heavy atom. The summed E-state index contributed by atoms with van der Waals surface area (Å²) in [7, 11) is 0. The molecule has 0 bridgehead atoms. The number of hydrogen-bond acceptors (Lipinski definition) is 3. The highest BCUT2D eigenvalue weighted by atomic mass is 35.5. The van der Waals surface area contributed by atoms with Crippen molar-refractivity contribution in [2.75, 3.05) is 19.8 Å². The van der Waals surface area contributed by atoms with Gasteiger partial charge in [-0.15, -0.1) is 11.3 Å². The van der Waals surface area contributed by atoms with Gasteiger partial charge in [0.25, 0.3) is 0 Å². The zero-order valence-corrected chi connectivity index (χ0v) is 12.6. The zero-order chi connectivity index (χ0) is 13.5. The normalized spacial score (nSPS) is 10.8. The minimum absolute atomic E-state index is 0.770. The summed E-state index contributed by atoms with van der Waals surface area (Å²) in [5.41, 5.74) is 1.22. The molecule has 0 unspecified atom stereocenters. The second-order valence-corrected chi connectivity index (χ2v) is 5.75. The molecule has 0 radical (unpaired) electrons. The fourth-order valence-electron chi connectivity index (χ4n) is 1.74. The summed E-state index contributed by atoms with van der Waals surface area (Å²) in [5, 5.41) is 4.15. The first kappa shape index (κ1) is 14.5. The first-order valence-corrected chi connectivity index (χ1v) is 7.62. The van der Waals surface area contributed by atoms with Crippen LogP contribution in [0.25, 0.3) is 10.4 Å². The minimum Gasteiger partial charge on any atom is -0.380 e. The third-order valence-electron chi connectivity index (χ3n) is 2.72. The standard InChI is InChI=1S/C15H18ClNOS/c1-2-18-10-9-17-11-14-7-8-15(19-14)12-3-5-13(16)6-4-12/h3-8,17H,2,9-11H2,1H3. The third kappa shape index (κ3) is 4.62. The highest BCUT2D eigenvalue weighted by Crippen LogP contribution is 2.28. The van der Waals surface area contributed by atoms with Gasteiger partial charge in [-0.25, -0.2) is 0 Å². The predicted molar refractivity (Wildman–Crippen MR) is 83.0 cm³/mol. The van der Waals surface area contributed by atoms with Crippen molar-refractivity contribution in [1.29, 1.82) is 0 Å². The average molecular weight is 296 g/mol. The van der Waals surface area contributed by atoms with Gasteiger partial charge in [-0.1, -0.05) is 23.7 Å². The molecule has 0 atom stereocenters. The van der Waals surface area contributed by atoms with E-state index in [0.717, 1.165) is 31.3 Å². The molecule has 0 amide bonds. The van der Waals surface area contributed by atoms with Gasteiger partial charge in [0, 0.05) is 34.5 Å². The highest BCUT2D eigenvalue weighted by molar-refractivity contribution is 7.15. The van der Waals surface area contributed by atoms with Gasteiger partial charge in [0.2, 0.25) is 0 Å². The van der Waals surface area contributed by atoms with E-state index >= 15 is 0 Å². The van der Waals surface area contributed by atoms with Crippen molar-refractivity contribution in [2.45, 2.75) is 13.5 Å². The molecule has 1 aromatic carbocycles. The van der Waals surface area contributed by atoms with Gasteiger partial charge in [0.1, 0.15) is 0 Å². The van der Waals surface area contributed by atoms with Crippen LogP contribution < -0.4 is 5.32 Å². The van der Waals surface area contributed by atoms with Gasteiger partial charge in [-0.05, 0) is 36.8 Å². The fourth-order valence-corrected chi connectivity index (χ4v) is 2.85. The van der Waals surface area contributed by atoms with Gasteiger partial charge >= 0.3 is 0 Å². The first-order chi connectivity index (χ1) is 9.29. The molecule has 102 valence electrons. The molecule has 4 heteroatoms. The Morgan fingerprint density at radius 3 is 2.68 bits per heavy atom. The molecule has 0 saturated heterocycles. The molecule has 0 aliphatic heterocycles. The molecular weight excluding hydrogens is 278 g/mol. The van der Waals surface area contributed by atoms with Gasteiger partial charge in [0.05, 0.1) is 6.61 Å². The lowest BCUT2D eigenvalue weighted by Gasteiger charge is -2.02. The lowest BCUT2D eigenvalue weighted by atomic mass is 10.2. The molecule has 0 spiro atoms. The van der Waals surface area contributed by atoms with Gasteiger partial charge in [-0.3, -0.25) is 0 Å². The Morgan fingerprint density at radius 1 is 1.16 bits per heavy atom. The molecule has 1 N–H and O–H groups in total. The van der Waals surface area contributed by atoms with Crippen molar-refractivity contribution in [3.63, 3.8) is 0 Å². The van der Waals surface area contributed by atoms with E-state index < -0.39 is 0 Å². The predicted octanol–water partition coefficient (Wildman–Crippen LogP) is 4.19. The van der Waals surface area contributed by atoms with E-state index in [1.54, 1.807) is 0 Å². The van der Waals surface area contributed by atoms with Crippen LogP contribution >= 0.6 is 22.9 Å². The zero-order valence-electron chi connectivity index (χ0n) is 11.0. The molecule has 2 aromatic rings. The number of ether oxygens (including phenoxy) is 1. The van der Waals surface area contributed by atoms with Crippen molar-refractivity contribution >= 4 is 22.9 Å². The van der Waals surface area contributed by atoms with Gasteiger partial charge < -0.3 is 10.1 Å². The van der Waals surface area contributed by atoms with Crippen molar-refractivity contribution in [1.82, 2.24) is 5.32 Å². The molecule has 19 heavy (non-hydrogen) atoms. The summed E-state index contributed by atoms with van der Waals surface area (Å²) in [5.74, 6) is 0. The molecular formula is C15H18ClNOS. The second kappa shape index (κ2) is 7.65. The fraction of sp³-hybridized carbons (Fsp3) is 0.333. The monoisotopic (exact) mass is 295 g/mol. The first-order valence-electron chi connectivity index (χ1n) is 6.42. The number of nitrogens with one attached hydrogen (secondary N) is 1. The van der Waals surface area contributed by atoms with Crippen LogP contribution in [0.1, 0.15) is 11.8 Å². The Balaban J connectivity index is 1.86. The smallest absolute Gasteiger partial charge is 0.0590 e. The lowest BCUT2D eigenvalue weighted by molar-refractivity contribution is 0.149. The second-order valence-electron chi connectivity index (χ2n) is 4.15. The molecule has 0 fully saturated rings. The van der Waals surface area contributed by atoms with E-state index in [9.17, 15) is 0 Å². The van der Waals surface area contributed by atoms with Gasteiger partial charge in [-0.2, -0.15) is 0 Å². The molecule has 2 nitrogen and oxygen atoms in total. The van der Waals surface area contributed by atoms with Crippen molar-refractivity contribution in [2.24, 2.45) is 0 Å². The van der Waals surface area contributed by atoms with E-state index in [2.05, 4.69) is 29.6 Å². The number of benzene rings is 1. The van der Waals surface area contributed by atoms with Crippen LogP contribution in [0.4, 0.5) is 0 Å². The average Bonchev–Trinajstić information content (AvgIpc) is 2.88. The van der Waals surface area contributed by atoms with Crippen molar-refractivity contribution in [3.8, 4) is 10.4 Å². The van der Waals surface area contributed by atoms with Gasteiger partial charge in [0.15, 0.2) is 0 Å². The number of thiophene rings is 1. The topological polar surface area (TPSA) is 21.3 Å². The number of halogens is 1. The summed E-state index contributed by atoms with van der Waals surface area (Å²) in [6.45, 7) is 5.35. The van der Waals surface area contributed by atoms with Crippen LogP contribution in [0.5, 0.6) is 0 Å². The molecule has 0 saturated carbocycles. The van der Waals surface area contributed by atoms with Crippen LogP contribution in [0.3, 0.4) is 0 Å². The van der Waals surface area contributed by atoms with Crippen LogP contribution in [0, 0.1) is 0 Å². The van der Waals surface area contributed by atoms with Crippen molar-refractivity contribution < 1.29 is 4.74 Å².